The molecule has 0 atom stereocenters. The van der Waals surface area contributed by atoms with Crippen LogP contribution in [0.25, 0.3) is 0 Å². The molecular weight excluding hydrogens is 322 g/mol. The number of hydrogen-bond acceptors (Lipinski definition) is 4. The third-order valence-electron chi connectivity index (χ3n) is 3.97. The van der Waals surface area contributed by atoms with Crippen LogP contribution in [0.15, 0.2) is 47.6 Å². The highest BCUT2D eigenvalue weighted by Gasteiger charge is 2.19. The summed E-state index contributed by atoms with van der Waals surface area (Å²) in [4.78, 5) is 30.4. The quantitative estimate of drug-likeness (QED) is 0.864. The summed E-state index contributed by atoms with van der Waals surface area (Å²) in [6.45, 7) is 0.761. The van der Waals surface area contributed by atoms with Crippen LogP contribution in [0.4, 0.5) is 11.4 Å². The first kappa shape index (κ1) is 16.5. The normalized spacial score (nSPS) is 14.5. The van der Waals surface area contributed by atoms with Crippen molar-refractivity contribution in [3.63, 3.8) is 0 Å². The largest absolute Gasteiger partial charge is 0.322 e. The lowest BCUT2D eigenvalue weighted by Crippen LogP contribution is -2.35. The van der Waals surface area contributed by atoms with E-state index >= 15 is 0 Å². The third kappa shape index (κ3) is 3.59. The molecule has 24 heavy (non-hydrogen) atoms. The highest BCUT2D eigenvalue weighted by Crippen LogP contribution is 2.23. The van der Waals surface area contributed by atoms with E-state index < -0.39 is 0 Å². The van der Waals surface area contributed by atoms with Gasteiger partial charge in [0.15, 0.2) is 0 Å². The summed E-state index contributed by atoms with van der Waals surface area (Å²) >= 11 is 1.44. The molecule has 0 radical (unpaired) electrons. The molecule has 6 heteroatoms. The molecule has 0 bridgehead atoms. The molecule has 1 N–H and O–H groups in total. The average molecular weight is 341 g/mol. The Labute approximate surface area is 145 Å². The molecule has 2 amide bonds. The lowest BCUT2D eigenvalue weighted by atomic mass is 10.1. The molecule has 0 saturated carbocycles. The van der Waals surface area contributed by atoms with Crippen LogP contribution in [0.2, 0.25) is 0 Å². The summed E-state index contributed by atoms with van der Waals surface area (Å²) in [6, 6.07) is 10.9. The number of hydrogen-bond donors (Lipinski definition) is 1. The number of carbonyl (C=O) groups is 2. The molecule has 1 aliphatic heterocycles. The van der Waals surface area contributed by atoms with Crippen molar-refractivity contribution in [1.82, 2.24) is 4.98 Å². The molecule has 1 fully saturated rings. The molecule has 3 rings (SSSR count). The van der Waals surface area contributed by atoms with Gasteiger partial charge in [0.05, 0.1) is 5.56 Å². The third-order valence-corrected chi connectivity index (χ3v) is 4.68. The van der Waals surface area contributed by atoms with E-state index in [1.807, 2.05) is 35.4 Å². The van der Waals surface area contributed by atoms with E-state index in [9.17, 15) is 9.59 Å². The van der Waals surface area contributed by atoms with Crippen LogP contribution in [0.3, 0.4) is 0 Å². The topological polar surface area (TPSA) is 62.3 Å². The molecule has 1 aliphatic rings. The number of piperidine rings is 1. The second-order valence-corrected chi connectivity index (χ2v) is 6.36. The van der Waals surface area contributed by atoms with Crippen molar-refractivity contribution in [3.8, 4) is 0 Å². The SMILES string of the molecule is CSc1ncccc1C(=O)Nc1ccc(N2CCCCC2=O)cc1. The predicted octanol–water partition coefficient (Wildman–Crippen LogP) is 3.57. The van der Waals surface area contributed by atoms with Crippen LogP contribution in [0.1, 0.15) is 29.6 Å². The van der Waals surface area contributed by atoms with Crippen molar-refractivity contribution in [1.29, 1.82) is 0 Å². The number of anilines is 2. The monoisotopic (exact) mass is 341 g/mol. The Kier molecular flexibility index (Phi) is 5.15. The minimum Gasteiger partial charge on any atom is -0.322 e. The maximum atomic E-state index is 12.4. The molecule has 124 valence electrons. The van der Waals surface area contributed by atoms with E-state index in [0.717, 1.165) is 25.1 Å². The number of nitrogens with zero attached hydrogens (tertiary/aromatic N) is 2. The summed E-state index contributed by atoms with van der Waals surface area (Å²) in [5.41, 5.74) is 2.13. The van der Waals surface area contributed by atoms with Crippen LogP contribution >= 0.6 is 11.8 Å². The molecular formula is C18H19N3O2S. The lowest BCUT2D eigenvalue weighted by molar-refractivity contribution is -0.119. The zero-order valence-corrected chi connectivity index (χ0v) is 14.3. The highest BCUT2D eigenvalue weighted by atomic mass is 32.2. The fourth-order valence-electron chi connectivity index (χ4n) is 2.73. The first-order valence-corrected chi connectivity index (χ1v) is 9.12. The molecule has 1 aromatic heterocycles. The maximum Gasteiger partial charge on any atom is 0.258 e. The molecule has 0 spiro atoms. The predicted molar refractivity (Wildman–Crippen MR) is 96.6 cm³/mol. The van der Waals surface area contributed by atoms with E-state index in [1.165, 1.54) is 11.8 Å². The van der Waals surface area contributed by atoms with Gasteiger partial charge in [0.2, 0.25) is 5.91 Å². The van der Waals surface area contributed by atoms with Gasteiger partial charge in [0.25, 0.3) is 5.91 Å². The molecule has 1 aromatic carbocycles. The van der Waals surface area contributed by atoms with Gasteiger partial charge in [0, 0.05) is 30.5 Å². The van der Waals surface area contributed by atoms with E-state index in [0.29, 0.717) is 22.7 Å². The zero-order chi connectivity index (χ0) is 16.9. The van der Waals surface area contributed by atoms with Gasteiger partial charge in [0.1, 0.15) is 5.03 Å². The van der Waals surface area contributed by atoms with Crippen molar-refractivity contribution in [2.75, 3.05) is 23.0 Å². The smallest absolute Gasteiger partial charge is 0.258 e. The Balaban J connectivity index is 1.72. The number of nitrogens with one attached hydrogen (secondary N) is 1. The summed E-state index contributed by atoms with van der Waals surface area (Å²) in [5.74, 6) is -0.0211. The maximum absolute atomic E-state index is 12.4. The first-order chi connectivity index (χ1) is 11.7. The molecule has 2 aromatic rings. The fraction of sp³-hybridized carbons (Fsp3) is 0.278. The summed E-state index contributed by atoms with van der Waals surface area (Å²) < 4.78 is 0. The number of amides is 2. The van der Waals surface area contributed by atoms with Crippen molar-refractivity contribution in [2.24, 2.45) is 0 Å². The standard InChI is InChI=1S/C18H19N3O2S/c1-24-18-15(5-4-11-19-18)17(23)20-13-7-9-14(10-8-13)21-12-3-2-6-16(21)22/h4-5,7-11H,2-3,6,12H2,1H3,(H,20,23). The van der Waals surface area contributed by atoms with E-state index in [-0.39, 0.29) is 11.8 Å². The van der Waals surface area contributed by atoms with Crippen molar-refractivity contribution in [2.45, 2.75) is 24.3 Å². The Bertz CT molecular complexity index is 746. The van der Waals surface area contributed by atoms with Crippen molar-refractivity contribution in [3.05, 3.63) is 48.2 Å². The summed E-state index contributed by atoms with van der Waals surface area (Å²) in [6.07, 6.45) is 6.17. The Morgan fingerprint density at radius 2 is 2.00 bits per heavy atom. The van der Waals surface area contributed by atoms with Crippen molar-refractivity contribution < 1.29 is 9.59 Å². The molecule has 2 heterocycles. The van der Waals surface area contributed by atoms with Gasteiger partial charge in [-0.1, -0.05) is 0 Å². The van der Waals surface area contributed by atoms with Gasteiger partial charge in [-0.25, -0.2) is 4.98 Å². The van der Waals surface area contributed by atoms with Gasteiger partial charge in [-0.2, -0.15) is 0 Å². The van der Waals surface area contributed by atoms with Gasteiger partial charge in [-0.05, 0) is 55.5 Å². The molecule has 0 aliphatic carbocycles. The lowest BCUT2D eigenvalue weighted by Gasteiger charge is -2.26. The zero-order valence-electron chi connectivity index (χ0n) is 13.5. The van der Waals surface area contributed by atoms with E-state index in [4.69, 9.17) is 0 Å². The second kappa shape index (κ2) is 7.49. The molecule has 0 unspecified atom stereocenters. The highest BCUT2D eigenvalue weighted by molar-refractivity contribution is 7.98. The minimum absolute atomic E-state index is 0.165. The summed E-state index contributed by atoms with van der Waals surface area (Å²) in [5, 5.41) is 3.58. The van der Waals surface area contributed by atoms with Crippen LogP contribution in [-0.4, -0.2) is 29.6 Å². The Morgan fingerprint density at radius 1 is 1.21 bits per heavy atom. The molecule has 1 saturated heterocycles. The number of pyridine rings is 1. The van der Waals surface area contributed by atoms with Crippen LogP contribution in [0, 0.1) is 0 Å². The number of carbonyl (C=O) groups excluding carboxylic acids is 2. The fourth-order valence-corrected chi connectivity index (χ4v) is 3.28. The van der Waals surface area contributed by atoms with Crippen LogP contribution in [0.5, 0.6) is 0 Å². The number of aromatic nitrogens is 1. The number of benzene rings is 1. The number of thioether (sulfide) groups is 1. The van der Waals surface area contributed by atoms with Gasteiger partial charge >= 0.3 is 0 Å². The average Bonchev–Trinajstić information content (AvgIpc) is 2.63. The first-order valence-electron chi connectivity index (χ1n) is 7.90. The van der Waals surface area contributed by atoms with Gasteiger partial charge < -0.3 is 10.2 Å². The Morgan fingerprint density at radius 3 is 2.71 bits per heavy atom. The number of rotatable bonds is 4. The second-order valence-electron chi connectivity index (χ2n) is 5.56. The minimum atomic E-state index is -0.186. The van der Waals surface area contributed by atoms with Gasteiger partial charge in [-0.15, -0.1) is 11.8 Å². The van der Waals surface area contributed by atoms with E-state index in [1.54, 1.807) is 18.3 Å². The van der Waals surface area contributed by atoms with Gasteiger partial charge in [-0.3, -0.25) is 9.59 Å². The Hall–Kier alpha value is -2.34. The summed E-state index contributed by atoms with van der Waals surface area (Å²) in [7, 11) is 0. The van der Waals surface area contributed by atoms with E-state index in [2.05, 4.69) is 10.3 Å². The van der Waals surface area contributed by atoms with Crippen LogP contribution < -0.4 is 10.2 Å². The molecule has 5 nitrogen and oxygen atoms in total. The van der Waals surface area contributed by atoms with Crippen molar-refractivity contribution >= 4 is 35.0 Å². The van der Waals surface area contributed by atoms with Crippen LogP contribution in [-0.2, 0) is 4.79 Å².